The summed E-state index contributed by atoms with van der Waals surface area (Å²) in [4.78, 5) is 0. The van der Waals surface area contributed by atoms with Crippen LogP contribution in [0.15, 0.2) is 18.2 Å². The summed E-state index contributed by atoms with van der Waals surface area (Å²) in [5.41, 5.74) is 10.4. The Morgan fingerprint density at radius 2 is 2.12 bits per heavy atom. The van der Waals surface area contributed by atoms with Gasteiger partial charge >= 0.3 is 0 Å². The van der Waals surface area contributed by atoms with Crippen molar-refractivity contribution in [2.75, 3.05) is 26.4 Å². The lowest BCUT2D eigenvalue weighted by atomic mass is 9.80. The summed E-state index contributed by atoms with van der Waals surface area (Å²) in [7, 11) is 0. The molecule has 1 saturated heterocycles. The fourth-order valence-electron chi connectivity index (χ4n) is 4.87. The van der Waals surface area contributed by atoms with Gasteiger partial charge in [-0.15, -0.1) is 0 Å². The van der Waals surface area contributed by atoms with E-state index >= 15 is 0 Å². The Hall–Kier alpha value is -0.940. The number of nitrogens with two attached hydrogens (primary N) is 1. The fourth-order valence-corrected chi connectivity index (χ4v) is 4.87. The molecule has 0 unspecified atom stereocenters. The highest BCUT2D eigenvalue weighted by molar-refractivity contribution is 5.36. The first-order chi connectivity index (χ1) is 12.6. The van der Waals surface area contributed by atoms with Crippen molar-refractivity contribution in [1.29, 1.82) is 0 Å². The van der Waals surface area contributed by atoms with Gasteiger partial charge in [-0.3, -0.25) is 0 Å². The minimum absolute atomic E-state index is 0.105. The zero-order chi connectivity index (χ0) is 18.0. The van der Waals surface area contributed by atoms with Crippen molar-refractivity contribution in [1.82, 2.24) is 0 Å². The average Bonchev–Trinajstić information content (AvgIpc) is 3.02. The molecule has 2 fully saturated rings. The number of hydrogen-bond donors (Lipinski definition) is 2. The number of aliphatic hydroxyl groups is 1. The molecule has 144 valence electrons. The van der Waals surface area contributed by atoms with Crippen molar-refractivity contribution in [3.63, 3.8) is 0 Å². The number of fused-ring (bicyclic) bond motifs is 1. The standard InChI is InChI=1S/C22H33NO3/c23-22(15-24)8-7-20(12-22)19-6-5-17-10-16(3-4-18(17)11-19)2-1-9-26-21-13-25-14-21/h5-6,11,16,20-21,24H,1-4,7-10,12-15,23H2/t16-,20+,22-/m1/s1. The Morgan fingerprint density at radius 1 is 1.23 bits per heavy atom. The van der Waals surface area contributed by atoms with Crippen LogP contribution in [0.4, 0.5) is 0 Å². The number of aliphatic hydroxyl groups excluding tert-OH is 1. The van der Waals surface area contributed by atoms with E-state index < -0.39 is 0 Å². The molecule has 3 aliphatic rings. The molecule has 2 aliphatic carbocycles. The van der Waals surface area contributed by atoms with E-state index in [0.29, 0.717) is 12.0 Å². The first kappa shape index (κ1) is 18.4. The van der Waals surface area contributed by atoms with E-state index in [9.17, 15) is 5.11 Å². The highest BCUT2D eigenvalue weighted by atomic mass is 16.6. The minimum Gasteiger partial charge on any atom is -0.394 e. The lowest BCUT2D eigenvalue weighted by Crippen LogP contribution is -2.40. The third-order valence-corrected chi connectivity index (χ3v) is 6.71. The van der Waals surface area contributed by atoms with E-state index in [1.807, 2.05) is 0 Å². The number of benzene rings is 1. The Kier molecular flexibility index (Phi) is 5.65. The maximum absolute atomic E-state index is 9.51. The Balaban J connectivity index is 1.28. The summed E-state index contributed by atoms with van der Waals surface area (Å²) >= 11 is 0. The zero-order valence-corrected chi connectivity index (χ0v) is 15.8. The van der Waals surface area contributed by atoms with Crippen LogP contribution in [0.5, 0.6) is 0 Å². The molecular formula is C22H33NO3. The highest BCUT2D eigenvalue weighted by Gasteiger charge is 2.36. The summed E-state index contributed by atoms with van der Waals surface area (Å²) < 4.78 is 10.9. The van der Waals surface area contributed by atoms with Gasteiger partial charge in [0.2, 0.25) is 0 Å². The van der Waals surface area contributed by atoms with Crippen LogP contribution >= 0.6 is 0 Å². The van der Waals surface area contributed by atoms with Gasteiger partial charge < -0.3 is 20.3 Å². The fraction of sp³-hybridized carbons (Fsp3) is 0.727. The third-order valence-electron chi connectivity index (χ3n) is 6.71. The van der Waals surface area contributed by atoms with Crippen LogP contribution in [-0.4, -0.2) is 43.2 Å². The van der Waals surface area contributed by atoms with Gasteiger partial charge in [0.15, 0.2) is 0 Å². The molecule has 26 heavy (non-hydrogen) atoms. The van der Waals surface area contributed by atoms with E-state index in [1.54, 1.807) is 5.56 Å². The van der Waals surface area contributed by atoms with Gasteiger partial charge in [-0.05, 0) is 79.9 Å². The molecule has 4 nitrogen and oxygen atoms in total. The second kappa shape index (κ2) is 7.97. The monoisotopic (exact) mass is 359 g/mol. The smallest absolute Gasteiger partial charge is 0.104 e. The van der Waals surface area contributed by atoms with Gasteiger partial charge in [0.25, 0.3) is 0 Å². The molecule has 1 aliphatic heterocycles. The van der Waals surface area contributed by atoms with Gasteiger partial charge in [-0.1, -0.05) is 18.2 Å². The van der Waals surface area contributed by atoms with Crippen LogP contribution in [-0.2, 0) is 22.3 Å². The molecule has 4 heteroatoms. The SMILES string of the molecule is N[C@]1(CO)CC[C@H](c2ccc3c(c2)CC[C@@H](CCCOC2COC2)C3)C1. The van der Waals surface area contributed by atoms with Crippen molar-refractivity contribution < 1.29 is 14.6 Å². The van der Waals surface area contributed by atoms with Crippen LogP contribution < -0.4 is 5.73 Å². The Bertz CT molecular complexity index is 615. The lowest BCUT2D eigenvalue weighted by Gasteiger charge is -2.28. The van der Waals surface area contributed by atoms with Crippen LogP contribution in [0, 0.1) is 5.92 Å². The molecule has 0 spiro atoms. The zero-order valence-electron chi connectivity index (χ0n) is 15.8. The van der Waals surface area contributed by atoms with E-state index in [2.05, 4.69) is 18.2 Å². The van der Waals surface area contributed by atoms with Crippen molar-refractivity contribution in [3.05, 3.63) is 34.9 Å². The summed E-state index contributed by atoms with van der Waals surface area (Å²) in [6.07, 6.45) is 9.44. The molecule has 3 N–H and O–H groups in total. The molecule has 1 heterocycles. The molecule has 1 aromatic carbocycles. The lowest BCUT2D eigenvalue weighted by molar-refractivity contribution is -0.130. The Morgan fingerprint density at radius 3 is 2.85 bits per heavy atom. The van der Waals surface area contributed by atoms with Crippen LogP contribution in [0.25, 0.3) is 0 Å². The molecular weight excluding hydrogens is 326 g/mol. The maximum atomic E-state index is 9.51. The van der Waals surface area contributed by atoms with Crippen molar-refractivity contribution >= 4 is 0 Å². The first-order valence-corrected chi connectivity index (χ1v) is 10.4. The number of hydrogen-bond acceptors (Lipinski definition) is 4. The van der Waals surface area contributed by atoms with Crippen molar-refractivity contribution in [2.45, 2.75) is 68.9 Å². The van der Waals surface area contributed by atoms with Crippen LogP contribution in [0.2, 0.25) is 0 Å². The molecule has 0 aromatic heterocycles. The largest absolute Gasteiger partial charge is 0.394 e. The van der Waals surface area contributed by atoms with Crippen molar-refractivity contribution in [2.24, 2.45) is 11.7 Å². The predicted octanol–water partition coefficient (Wildman–Crippen LogP) is 2.94. The molecule has 0 amide bonds. The summed E-state index contributed by atoms with van der Waals surface area (Å²) in [6, 6.07) is 7.10. The second-order valence-corrected chi connectivity index (χ2v) is 8.77. The van der Waals surface area contributed by atoms with Crippen LogP contribution in [0.1, 0.15) is 61.1 Å². The summed E-state index contributed by atoms with van der Waals surface area (Å²) in [5.74, 6) is 1.31. The molecule has 1 saturated carbocycles. The van der Waals surface area contributed by atoms with Gasteiger partial charge in [0.05, 0.1) is 19.8 Å². The average molecular weight is 360 g/mol. The van der Waals surface area contributed by atoms with E-state index in [1.165, 1.54) is 36.8 Å². The summed E-state index contributed by atoms with van der Waals surface area (Å²) in [5, 5.41) is 9.51. The predicted molar refractivity (Wildman–Crippen MR) is 102 cm³/mol. The Labute approximate surface area is 157 Å². The second-order valence-electron chi connectivity index (χ2n) is 8.77. The molecule has 4 rings (SSSR count). The molecule has 0 radical (unpaired) electrons. The number of rotatable bonds is 7. The first-order valence-electron chi connectivity index (χ1n) is 10.4. The number of ether oxygens (including phenoxy) is 2. The van der Waals surface area contributed by atoms with E-state index in [4.69, 9.17) is 15.2 Å². The quantitative estimate of drug-likeness (QED) is 0.735. The molecule has 1 aromatic rings. The third kappa shape index (κ3) is 4.14. The maximum Gasteiger partial charge on any atom is 0.104 e. The number of aryl methyl sites for hydroxylation is 1. The van der Waals surface area contributed by atoms with Crippen LogP contribution in [0.3, 0.4) is 0 Å². The summed E-state index contributed by atoms with van der Waals surface area (Å²) in [6.45, 7) is 2.55. The molecule has 3 atom stereocenters. The van der Waals surface area contributed by atoms with Gasteiger partial charge in [0, 0.05) is 12.1 Å². The van der Waals surface area contributed by atoms with Gasteiger partial charge in [-0.2, -0.15) is 0 Å². The highest BCUT2D eigenvalue weighted by Crippen LogP contribution is 2.40. The van der Waals surface area contributed by atoms with E-state index in [-0.39, 0.29) is 12.1 Å². The van der Waals surface area contributed by atoms with Crippen molar-refractivity contribution in [3.8, 4) is 0 Å². The normalized spacial score (nSPS) is 31.6. The molecule has 0 bridgehead atoms. The topological polar surface area (TPSA) is 64.7 Å². The van der Waals surface area contributed by atoms with E-state index in [0.717, 1.165) is 51.4 Å². The van der Waals surface area contributed by atoms with Gasteiger partial charge in [-0.25, -0.2) is 0 Å². The minimum atomic E-state index is -0.362. The van der Waals surface area contributed by atoms with Gasteiger partial charge in [0.1, 0.15) is 6.10 Å².